The Morgan fingerprint density at radius 1 is 1.05 bits per heavy atom. The van der Waals surface area contributed by atoms with Gasteiger partial charge in [0.05, 0.1) is 7.11 Å². The molecule has 3 rings (SSSR count). The van der Waals surface area contributed by atoms with Gasteiger partial charge in [0, 0.05) is 26.3 Å². The monoisotopic (exact) mass is 513 g/mol. The number of Topliss-reactive ketones (excluding diaryl/α,β-unsaturated/α-hetero) is 1. The van der Waals surface area contributed by atoms with Crippen molar-refractivity contribution in [2.24, 2.45) is 5.92 Å². The molecular weight excluding hydrogens is 481 g/mol. The maximum atomic E-state index is 14.0. The third-order valence-corrected chi connectivity index (χ3v) is 6.65. The summed E-state index contributed by atoms with van der Waals surface area (Å²) in [5.41, 5.74) is -0.0547. The molecule has 0 saturated carbocycles. The molecule has 1 amide bonds. The highest BCUT2D eigenvalue weighted by molar-refractivity contribution is 5.95. The zero-order valence-corrected chi connectivity index (χ0v) is 21.3. The van der Waals surface area contributed by atoms with Crippen molar-refractivity contribution in [3.63, 3.8) is 0 Å². The van der Waals surface area contributed by atoms with Gasteiger partial charge in [-0.2, -0.15) is 0 Å². The second kappa shape index (κ2) is 12.5. The number of carbonyl (C=O) groups excluding carboxylic acids is 4. The number of hydrogen-bond acceptors (Lipinski definition) is 7. The first-order valence-corrected chi connectivity index (χ1v) is 12.2. The number of carbonyl (C=O) groups is 4. The van der Waals surface area contributed by atoms with Crippen molar-refractivity contribution in [3.8, 4) is 0 Å². The second-order valence-electron chi connectivity index (χ2n) is 9.21. The van der Waals surface area contributed by atoms with E-state index < -0.39 is 47.2 Å². The molecule has 1 aliphatic heterocycles. The van der Waals surface area contributed by atoms with E-state index in [-0.39, 0.29) is 26.0 Å². The van der Waals surface area contributed by atoms with Crippen LogP contribution in [0.2, 0.25) is 0 Å². The van der Waals surface area contributed by atoms with Crippen LogP contribution in [0.25, 0.3) is 0 Å². The first-order valence-electron chi connectivity index (χ1n) is 12.2. The predicted octanol–water partition coefficient (Wildman–Crippen LogP) is 4.24. The molecule has 1 heterocycles. The van der Waals surface area contributed by atoms with Crippen LogP contribution in [0.15, 0.2) is 54.6 Å². The van der Waals surface area contributed by atoms with Crippen molar-refractivity contribution in [2.75, 3.05) is 13.7 Å². The molecule has 3 atom stereocenters. The Morgan fingerprint density at radius 2 is 1.76 bits per heavy atom. The van der Waals surface area contributed by atoms with E-state index in [0.29, 0.717) is 18.4 Å². The molecule has 1 saturated heterocycles. The van der Waals surface area contributed by atoms with Crippen LogP contribution in [0, 0.1) is 11.7 Å². The van der Waals surface area contributed by atoms with Gasteiger partial charge in [-0.15, -0.1) is 0 Å². The van der Waals surface area contributed by atoms with Crippen molar-refractivity contribution in [3.05, 3.63) is 71.5 Å². The molecule has 0 aromatic heterocycles. The number of methoxy groups -OCH3 is 1. The average molecular weight is 514 g/mol. The van der Waals surface area contributed by atoms with Gasteiger partial charge in [-0.1, -0.05) is 42.5 Å². The van der Waals surface area contributed by atoms with Gasteiger partial charge in [0.1, 0.15) is 30.0 Å². The highest BCUT2D eigenvalue weighted by Gasteiger charge is 2.51. The van der Waals surface area contributed by atoms with E-state index in [9.17, 15) is 23.6 Å². The lowest BCUT2D eigenvalue weighted by Crippen LogP contribution is -2.55. The number of amides is 1. The maximum absolute atomic E-state index is 14.0. The largest absolute Gasteiger partial charge is 0.469 e. The Labute approximate surface area is 215 Å². The minimum atomic E-state index is -1.37. The molecule has 0 N–H and O–H groups in total. The van der Waals surface area contributed by atoms with Gasteiger partial charge < -0.3 is 14.2 Å². The van der Waals surface area contributed by atoms with Crippen molar-refractivity contribution in [2.45, 2.75) is 57.8 Å². The molecule has 0 spiro atoms. The van der Waals surface area contributed by atoms with Gasteiger partial charge in [-0.05, 0) is 43.0 Å². The summed E-state index contributed by atoms with van der Waals surface area (Å²) in [6, 6.07) is 15.0. The summed E-state index contributed by atoms with van der Waals surface area (Å²) in [6.45, 7) is 3.00. The van der Waals surface area contributed by atoms with Crippen LogP contribution in [0.5, 0.6) is 0 Å². The fraction of sp³-hybridized carbons (Fsp3) is 0.429. The Kier molecular flexibility index (Phi) is 9.38. The molecule has 8 nitrogen and oxygen atoms in total. The SMILES string of the molecule is COC(=O)[C@@H](CC(=O)C1(Cc2cccc(F)c2)CCCN1C(=O)OCc1ccccc1)[C@@H](C)OC(C)=O. The highest BCUT2D eigenvalue weighted by Crippen LogP contribution is 2.37. The molecule has 1 aliphatic rings. The zero-order valence-electron chi connectivity index (χ0n) is 21.3. The normalized spacial score (nSPS) is 18.5. The Morgan fingerprint density at radius 3 is 2.41 bits per heavy atom. The maximum Gasteiger partial charge on any atom is 0.410 e. The molecular formula is C28H32FNO7. The van der Waals surface area contributed by atoms with Gasteiger partial charge in [-0.3, -0.25) is 19.3 Å². The van der Waals surface area contributed by atoms with Crippen molar-refractivity contribution < 1.29 is 37.8 Å². The summed E-state index contributed by atoms with van der Waals surface area (Å²) >= 11 is 0. The number of likely N-dealkylation sites (tertiary alicyclic amines) is 1. The highest BCUT2D eigenvalue weighted by atomic mass is 19.1. The fourth-order valence-electron chi connectivity index (χ4n) is 4.82. The number of halogens is 1. The average Bonchev–Trinajstić information content (AvgIpc) is 3.30. The molecule has 0 aliphatic carbocycles. The molecule has 2 aromatic rings. The van der Waals surface area contributed by atoms with E-state index in [1.165, 1.54) is 44.1 Å². The van der Waals surface area contributed by atoms with Crippen LogP contribution < -0.4 is 0 Å². The van der Waals surface area contributed by atoms with E-state index in [1.54, 1.807) is 6.07 Å². The van der Waals surface area contributed by atoms with Crippen LogP contribution in [-0.2, 0) is 41.6 Å². The lowest BCUT2D eigenvalue weighted by Gasteiger charge is -2.38. The molecule has 2 aromatic carbocycles. The number of ketones is 1. The lowest BCUT2D eigenvalue weighted by molar-refractivity contribution is -0.160. The van der Waals surface area contributed by atoms with Crippen molar-refractivity contribution >= 4 is 23.8 Å². The third kappa shape index (κ3) is 6.93. The Bertz CT molecular complexity index is 1120. The topological polar surface area (TPSA) is 99.2 Å². The minimum Gasteiger partial charge on any atom is -0.469 e. The molecule has 0 bridgehead atoms. The number of nitrogens with zero attached hydrogens (tertiary/aromatic N) is 1. The van der Waals surface area contributed by atoms with E-state index in [1.807, 2.05) is 30.3 Å². The van der Waals surface area contributed by atoms with Crippen molar-refractivity contribution in [1.82, 2.24) is 4.90 Å². The van der Waals surface area contributed by atoms with Gasteiger partial charge in [0.25, 0.3) is 0 Å². The molecule has 9 heteroatoms. The molecule has 0 radical (unpaired) electrons. The van der Waals surface area contributed by atoms with Crippen LogP contribution in [0.4, 0.5) is 9.18 Å². The number of ether oxygens (including phenoxy) is 3. The summed E-state index contributed by atoms with van der Waals surface area (Å²) in [6.07, 6.45) is -1.07. The predicted molar refractivity (Wildman–Crippen MR) is 132 cm³/mol. The molecule has 37 heavy (non-hydrogen) atoms. The second-order valence-corrected chi connectivity index (χ2v) is 9.21. The quantitative estimate of drug-likeness (QED) is 0.346. The summed E-state index contributed by atoms with van der Waals surface area (Å²) in [7, 11) is 1.19. The lowest BCUT2D eigenvalue weighted by atomic mass is 9.79. The van der Waals surface area contributed by atoms with E-state index >= 15 is 0 Å². The molecule has 198 valence electrons. The van der Waals surface area contributed by atoms with Gasteiger partial charge in [0.15, 0.2) is 5.78 Å². The van der Waals surface area contributed by atoms with Gasteiger partial charge >= 0.3 is 18.0 Å². The van der Waals surface area contributed by atoms with Gasteiger partial charge in [0.2, 0.25) is 0 Å². The van der Waals surface area contributed by atoms with E-state index in [2.05, 4.69) is 0 Å². The summed E-state index contributed by atoms with van der Waals surface area (Å²) in [4.78, 5) is 52.7. The Balaban J connectivity index is 1.92. The van der Waals surface area contributed by atoms with Crippen LogP contribution in [-0.4, -0.2) is 54.0 Å². The standard InChI is InChI=1S/C28H32FNO7/c1-19(37-20(2)31)24(26(33)35-3)16-25(32)28(17-22-11-7-12-23(29)15-22)13-8-14-30(28)27(34)36-18-21-9-5-4-6-10-21/h4-7,9-12,15,19,24H,8,13-14,16-18H2,1-3H3/t19-,24+,28?/m1/s1. The first-order chi connectivity index (χ1) is 17.7. The fourth-order valence-corrected chi connectivity index (χ4v) is 4.82. The first kappa shape index (κ1) is 27.8. The third-order valence-electron chi connectivity index (χ3n) is 6.65. The number of esters is 2. The summed E-state index contributed by atoms with van der Waals surface area (Å²) < 4.78 is 29.6. The Hall–Kier alpha value is -3.75. The molecule has 1 unspecified atom stereocenters. The van der Waals surface area contributed by atoms with Crippen LogP contribution in [0.3, 0.4) is 0 Å². The van der Waals surface area contributed by atoms with Crippen LogP contribution in [0.1, 0.15) is 44.2 Å². The molecule has 1 fully saturated rings. The van der Waals surface area contributed by atoms with E-state index in [0.717, 1.165) is 5.56 Å². The van der Waals surface area contributed by atoms with E-state index in [4.69, 9.17) is 14.2 Å². The number of benzene rings is 2. The smallest absolute Gasteiger partial charge is 0.410 e. The summed E-state index contributed by atoms with van der Waals surface area (Å²) in [5, 5.41) is 0. The van der Waals surface area contributed by atoms with Crippen LogP contribution >= 0.6 is 0 Å². The summed E-state index contributed by atoms with van der Waals surface area (Å²) in [5.74, 6) is -3.27. The number of hydrogen-bond donors (Lipinski definition) is 0. The van der Waals surface area contributed by atoms with Gasteiger partial charge in [-0.25, -0.2) is 9.18 Å². The minimum absolute atomic E-state index is 0.0225. The van der Waals surface area contributed by atoms with Crippen molar-refractivity contribution in [1.29, 1.82) is 0 Å². The zero-order chi connectivity index (χ0) is 27.0. The number of rotatable bonds is 10.